The number of benzene rings is 1. The van der Waals surface area contributed by atoms with Gasteiger partial charge in [0.05, 0.1) is 11.9 Å². The Morgan fingerprint density at radius 2 is 1.96 bits per heavy atom. The lowest BCUT2D eigenvalue weighted by atomic mass is 10.0. The highest BCUT2D eigenvalue weighted by atomic mass is 19.4. The summed E-state index contributed by atoms with van der Waals surface area (Å²) >= 11 is 0. The molecule has 1 aromatic carbocycles. The van der Waals surface area contributed by atoms with Gasteiger partial charge in [-0.2, -0.15) is 13.2 Å². The van der Waals surface area contributed by atoms with Crippen molar-refractivity contribution in [3.63, 3.8) is 0 Å². The molecular formula is C16H15F3N2O2. The van der Waals surface area contributed by atoms with E-state index in [1.165, 1.54) is 18.3 Å². The van der Waals surface area contributed by atoms with Crippen molar-refractivity contribution >= 4 is 11.6 Å². The number of aromatic nitrogens is 1. The van der Waals surface area contributed by atoms with E-state index in [0.29, 0.717) is 11.3 Å². The molecule has 1 aromatic heterocycles. The smallest absolute Gasteiger partial charge is 0.422 e. The first-order chi connectivity index (χ1) is 10.8. The molecule has 122 valence electrons. The predicted molar refractivity (Wildman–Crippen MR) is 79.7 cm³/mol. The number of hydrogen-bond acceptors (Lipinski definition) is 3. The second-order valence-corrected chi connectivity index (χ2v) is 4.99. The number of pyridine rings is 1. The molecule has 0 bridgehead atoms. The number of amides is 1. The van der Waals surface area contributed by atoms with Crippen LogP contribution in [0.25, 0.3) is 0 Å². The summed E-state index contributed by atoms with van der Waals surface area (Å²) in [6, 6.07) is 8.09. The molecule has 7 heteroatoms. The fourth-order valence-corrected chi connectivity index (χ4v) is 1.89. The number of carbonyl (C=O) groups excluding carboxylic acids is 1. The van der Waals surface area contributed by atoms with Crippen molar-refractivity contribution in [2.75, 3.05) is 11.9 Å². The number of carbonyl (C=O) groups is 1. The van der Waals surface area contributed by atoms with Crippen LogP contribution in [0.2, 0.25) is 0 Å². The van der Waals surface area contributed by atoms with Gasteiger partial charge in [-0.1, -0.05) is 12.1 Å². The van der Waals surface area contributed by atoms with Crippen LogP contribution in [0.1, 0.15) is 21.5 Å². The number of anilines is 1. The van der Waals surface area contributed by atoms with Gasteiger partial charge in [-0.05, 0) is 37.1 Å². The summed E-state index contributed by atoms with van der Waals surface area (Å²) < 4.78 is 40.6. The van der Waals surface area contributed by atoms with E-state index in [9.17, 15) is 18.0 Å². The molecule has 0 aliphatic rings. The Kier molecular flexibility index (Phi) is 4.88. The normalized spacial score (nSPS) is 11.2. The third-order valence-electron chi connectivity index (χ3n) is 3.23. The monoisotopic (exact) mass is 324 g/mol. The topological polar surface area (TPSA) is 51.2 Å². The quantitative estimate of drug-likeness (QED) is 0.928. The molecule has 23 heavy (non-hydrogen) atoms. The highest BCUT2D eigenvalue weighted by Gasteiger charge is 2.28. The van der Waals surface area contributed by atoms with E-state index < -0.39 is 12.8 Å². The molecule has 0 aliphatic heterocycles. The summed E-state index contributed by atoms with van der Waals surface area (Å²) in [6.45, 7) is 2.34. The molecule has 0 saturated heterocycles. The molecule has 0 aliphatic carbocycles. The first-order valence-electron chi connectivity index (χ1n) is 6.79. The molecule has 1 amide bonds. The summed E-state index contributed by atoms with van der Waals surface area (Å²) in [5.41, 5.74) is 2.76. The van der Waals surface area contributed by atoms with Gasteiger partial charge in [-0.3, -0.25) is 4.79 Å². The molecule has 2 aromatic rings. The van der Waals surface area contributed by atoms with Gasteiger partial charge in [0, 0.05) is 11.6 Å². The van der Waals surface area contributed by atoms with E-state index in [1.807, 2.05) is 19.9 Å². The minimum Gasteiger partial charge on any atom is -0.468 e. The molecule has 0 atom stereocenters. The molecule has 0 spiro atoms. The molecule has 1 heterocycles. The minimum absolute atomic E-state index is 0.160. The Hall–Kier alpha value is -2.57. The SMILES string of the molecule is Cc1cccc(C(=O)Nc2ccc(OCC(F)(F)F)nc2)c1C. The van der Waals surface area contributed by atoms with Gasteiger partial charge < -0.3 is 10.1 Å². The molecule has 4 nitrogen and oxygen atoms in total. The highest BCUT2D eigenvalue weighted by Crippen LogP contribution is 2.19. The van der Waals surface area contributed by atoms with Crippen molar-refractivity contribution in [1.82, 2.24) is 4.98 Å². The van der Waals surface area contributed by atoms with Crippen molar-refractivity contribution in [2.45, 2.75) is 20.0 Å². The Morgan fingerprint density at radius 3 is 2.57 bits per heavy atom. The molecule has 1 N–H and O–H groups in total. The maximum Gasteiger partial charge on any atom is 0.422 e. The average Bonchev–Trinajstić information content (AvgIpc) is 2.48. The lowest BCUT2D eigenvalue weighted by Gasteiger charge is -2.10. The van der Waals surface area contributed by atoms with E-state index in [4.69, 9.17) is 0 Å². The van der Waals surface area contributed by atoms with Crippen LogP contribution in [0.15, 0.2) is 36.5 Å². The van der Waals surface area contributed by atoms with Gasteiger partial charge in [-0.25, -0.2) is 4.98 Å². The van der Waals surface area contributed by atoms with Crippen molar-refractivity contribution < 1.29 is 22.7 Å². The summed E-state index contributed by atoms with van der Waals surface area (Å²) in [4.78, 5) is 15.9. The number of nitrogens with zero attached hydrogens (tertiary/aromatic N) is 1. The number of nitrogens with one attached hydrogen (secondary N) is 1. The zero-order valence-electron chi connectivity index (χ0n) is 12.6. The van der Waals surface area contributed by atoms with Gasteiger partial charge in [0.1, 0.15) is 0 Å². The maximum absolute atomic E-state index is 12.2. The number of aryl methyl sites for hydroxylation is 1. The molecule has 0 fully saturated rings. The first kappa shape index (κ1) is 16.8. The predicted octanol–water partition coefficient (Wildman–Crippen LogP) is 3.89. The van der Waals surface area contributed by atoms with E-state index in [-0.39, 0.29) is 11.8 Å². The molecule has 0 unspecified atom stereocenters. The minimum atomic E-state index is -4.42. The lowest BCUT2D eigenvalue weighted by Crippen LogP contribution is -2.19. The second kappa shape index (κ2) is 6.68. The highest BCUT2D eigenvalue weighted by molar-refractivity contribution is 6.05. The van der Waals surface area contributed by atoms with Crippen LogP contribution < -0.4 is 10.1 Å². The molecule has 0 radical (unpaired) electrons. The summed E-state index contributed by atoms with van der Waals surface area (Å²) in [6.07, 6.45) is -3.17. The van der Waals surface area contributed by atoms with Crippen LogP contribution in [0.5, 0.6) is 5.88 Å². The fourth-order valence-electron chi connectivity index (χ4n) is 1.89. The number of alkyl halides is 3. The van der Waals surface area contributed by atoms with Gasteiger partial charge in [0.25, 0.3) is 5.91 Å². The molecular weight excluding hydrogens is 309 g/mol. The molecule has 0 saturated carbocycles. The average molecular weight is 324 g/mol. The number of ether oxygens (including phenoxy) is 1. The van der Waals surface area contributed by atoms with Crippen LogP contribution in [0.4, 0.5) is 18.9 Å². The van der Waals surface area contributed by atoms with Gasteiger partial charge in [0.2, 0.25) is 5.88 Å². The largest absolute Gasteiger partial charge is 0.468 e. The van der Waals surface area contributed by atoms with Crippen molar-refractivity contribution in [2.24, 2.45) is 0 Å². The van der Waals surface area contributed by atoms with Crippen LogP contribution in [-0.4, -0.2) is 23.7 Å². The van der Waals surface area contributed by atoms with Crippen LogP contribution in [-0.2, 0) is 0 Å². The summed E-state index contributed by atoms with van der Waals surface area (Å²) in [7, 11) is 0. The molecule has 2 rings (SSSR count). The van der Waals surface area contributed by atoms with E-state index in [1.54, 1.807) is 12.1 Å². The van der Waals surface area contributed by atoms with Crippen molar-refractivity contribution in [1.29, 1.82) is 0 Å². The van der Waals surface area contributed by atoms with Crippen LogP contribution in [0.3, 0.4) is 0 Å². The maximum atomic E-state index is 12.2. The third-order valence-corrected chi connectivity index (χ3v) is 3.23. The lowest BCUT2D eigenvalue weighted by molar-refractivity contribution is -0.154. The van der Waals surface area contributed by atoms with Crippen molar-refractivity contribution in [3.8, 4) is 5.88 Å². The Balaban J connectivity index is 2.03. The summed E-state index contributed by atoms with van der Waals surface area (Å²) in [5.74, 6) is -0.469. The second-order valence-electron chi connectivity index (χ2n) is 4.99. The van der Waals surface area contributed by atoms with Crippen LogP contribution in [0, 0.1) is 13.8 Å². The van der Waals surface area contributed by atoms with Gasteiger partial charge in [0.15, 0.2) is 6.61 Å². The summed E-state index contributed by atoms with van der Waals surface area (Å²) in [5, 5.41) is 2.65. The number of halogens is 3. The zero-order valence-corrected chi connectivity index (χ0v) is 12.6. The zero-order chi connectivity index (χ0) is 17.0. The van der Waals surface area contributed by atoms with Gasteiger partial charge in [-0.15, -0.1) is 0 Å². The number of rotatable bonds is 4. The first-order valence-corrected chi connectivity index (χ1v) is 6.79. The van der Waals surface area contributed by atoms with Crippen molar-refractivity contribution in [3.05, 3.63) is 53.2 Å². The van der Waals surface area contributed by atoms with E-state index in [2.05, 4.69) is 15.0 Å². The standard InChI is InChI=1S/C16H15F3N2O2/c1-10-4-3-5-13(11(10)2)15(22)21-12-6-7-14(20-8-12)23-9-16(17,18)19/h3-8H,9H2,1-2H3,(H,21,22). The Morgan fingerprint density at radius 1 is 1.22 bits per heavy atom. The third kappa shape index (κ3) is 4.70. The van der Waals surface area contributed by atoms with E-state index >= 15 is 0 Å². The Bertz CT molecular complexity index is 697. The van der Waals surface area contributed by atoms with E-state index in [0.717, 1.165) is 11.1 Å². The fraction of sp³-hybridized carbons (Fsp3) is 0.250. The van der Waals surface area contributed by atoms with Crippen LogP contribution >= 0.6 is 0 Å². The number of hydrogen-bond donors (Lipinski definition) is 1. The van der Waals surface area contributed by atoms with Gasteiger partial charge >= 0.3 is 6.18 Å². The Labute approximate surface area is 131 Å².